The molecule has 1 aliphatic rings. The zero-order chi connectivity index (χ0) is 50.3. The summed E-state index contributed by atoms with van der Waals surface area (Å²) in [5.74, 6) is 0.741. The highest BCUT2D eigenvalue weighted by atomic mass is 16.4. The Balaban J connectivity index is 0.00000132. The number of carboxylic acids is 4. The van der Waals surface area contributed by atoms with Crippen LogP contribution in [-0.2, 0) is 19.2 Å². The summed E-state index contributed by atoms with van der Waals surface area (Å²) in [5.41, 5.74) is 1.58. The Morgan fingerprint density at radius 3 is 1.37 bits per heavy atom. The first-order valence-electron chi connectivity index (χ1n) is 28.2. The van der Waals surface area contributed by atoms with Crippen molar-refractivity contribution < 1.29 is 39.6 Å². The standard InChI is InChI=1S/2C30H52O4/c1-3-5-12-19-28-26(18-13-8-6-10-15-21-29(31)32)24-23-25(17-4-2)27(28)20-14-9-7-11-16-22-30(33)34;1-3-5-16-22-28(24-18-13-10-11-15-20-26-30(33)34)27(21-4-2)23-17-12-8-6-7-9-14-19-25-29(31)32/h5,12,23-28H,3-4,6-11,13-22H2,1-2H3,(H,31,32)(H,33,34);5,12,16-17,23,28H,3-4,6-11,13-15,18-22,24-26H2,1-2H3,(H,31,32)(H,33,34)/b12-5+;16-5+,17-12+,27-23-. The molecule has 1 rings (SSSR count). The van der Waals surface area contributed by atoms with Crippen molar-refractivity contribution in [3.05, 3.63) is 60.3 Å². The quantitative estimate of drug-likeness (QED) is 0.0268. The van der Waals surface area contributed by atoms with Crippen molar-refractivity contribution in [1.82, 2.24) is 0 Å². The van der Waals surface area contributed by atoms with E-state index in [-0.39, 0.29) is 0 Å². The van der Waals surface area contributed by atoms with Crippen molar-refractivity contribution in [3.8, 4) is 0 Å². The largest absolute Gasteiger partial charge is 0.481 e. The topological polar surface area (TPSA) is 149 Å². The van der Waals surface area contributed by atoms with Gasteiger partial charge in [-0.05, 0) is 126 Å². The highest BCUT2D eigenvalue weighted by molar-refractivity contribution is 5.67. The van der Waals surface area contributed by atoms with Gasteiger partial charge in [0.05, 0.1) is 0 Å². The first-order valence-corrected chi connectivity index (χ1v) is 28.2. The van der Waals surface area contributed by atoms with Crippen LogP contribution in [0.1, 0.15) is 265 Å². The van der Waals surface area contributed by atoms with Gasteiger partial charge in [-0.15, -0.1) is 0 Å². The van der Waals surface area contributed by atoms with Crippen molar-refractivity contribution in [3.63, 3.8) is 0 Å². The van der Waals surface area contributed by atoms with Gasteiger partial charge in [0.25, 0.3) is 0 Å². The Labute approximate surface area is 417 Å². The fraction of sp³-hybridized carbons (Fsp3) is 0.767. The molecule has 4 N–H and O–H groups in total. The minimum atomic E-state index is -0.686. The van der Waals surface area contributed by atoms with Crippen LogP contribution in [0.2, 0.25) is 0 Å². The third-order valence-corrected chi connectivity index (χ3v) is 13.8. The molecule has 0 spiro atoms. The predicted molar refractivity (Wildman–Crippen MR) is 286 cm³/mol. The summed E-state index contributed by atoms with van der Waals surface area (Å²) in [6.07, 6.45) is 59.7. The van der Waals surface area contributed by atoms with Crippen molar-refractivity contribution in [2.75, 3.05) is 0 Å². The van der Waals surface area contributed by atoms with Gasteiger partial charge >= 0.3 is 23.9 Å². The first kappa shape index (κ1) is 64.6. The summed E-state index contributed by atoms with van der Waals surface area (Å²) >= 11 is 0. The number of rotatable bonds is 45. The van der Waals surface area contributed by atoms with Gasteiger partial charge in [-0.1, -0.05) is 204 Å². The molecule has 392 valence electrons. The first-order chi connectivity index (χ1) is 33.0. The van der Waals surface area contributed by atoms with Crippen LogP contribution in [0.15, 0.2) is 60.3 Å². The number of allylic oxidation sites excluding steroid dienone is 10. The average molecular weight is 953 g/mol. The van der Waals surface area contributed by atoms with Crippen LogP contribution in [0.5, 0.6) is 0 Å². The van der Waals surface area contributed by atoms with Crippen LogP contribution < -0.4 is 0 Å². The Morgan fingerprint density at radius 1 is 0.441 bits per heavy atom. The van der Waals surface area contributed by atoms with E-state index in [2.05, 4.69) is 82.4 Å². The van der Waals surface area contributed by atoms with Gasteiger partial charge in [0.15, 0.2) is 0 Å². The maximum absolute atomic E-state index is 10.7. The van der Waals surface area contributed by atoms with Crippen molar-refractivity contribution in [2.24, 2.45) is 29.6 Å². The summed E-state index contributed by atoms with van der Waals surface area (Å²) in [6.45, 7) is 8.96. The van der Waals surface area contributed by atoms with E-state index in [0.29, 0.717) is 43.4 Å². The van der Waals surface area contributed by atoms with E-state index in [1.807, 2.05) is 0 Å². The molecule has 0 amide bonds. The molecule has 0 aliphatic heterocycles. The molecule has 0 heterocycles. The van der Waals surface area contributed by atoms with Gasteiger partial charge < -0.3 is 20.4 Å². The monoisotopic (exact) mass is 953 g/mol. The van der Waals surface area contributed by atoms with Crippen LogP contribution in [-0.4, -0.2) is 44.3 Å². The molecule has 0 radical (unpaired) electrons. The Morgan fingerprint density at radius 2 is 0.882 bits per heavy atom. The van der Waals surface area contributed by atoms with E-state index in [1.54, 1.807) is 5.57 Å². The van der Waals surface area contributed by atoms with Crippen LogP contribution in [0.4, 0.5) is 0 Å². The second-order valence-electron chi connectivity index (χ2n) is 19.8. The molecule has 68 heavy (non-hydrogen) atoms. The lowest BCUT2D eigenvalue weighted by atomic mass is 9.65. The summed E-state index contributed by atoms with van der Waals surface area (Å²) in [6, 6.07) is 0. The zero-order valence-electron chi connectivity index (χ0n) is 44.2. The number of aliphatic carboxylic acids is 4. The predicted octanol–water partition coefficient (Wildman–Crippen LogP) is 18.1. The highest BCUT2D eigenvalue weighted by Crippen LogP contribution is 2.43. The zero-order valence-corrected chi connectivity index (χ0v) is 44.2. The SMILES string of the molecule is CC/C=C/CC(CCCCCCCCC(=O)O)/C(=C\C=C\CCCCCCCC(=O)O)CCC.CC/C=C/CC1C(CCCCCCCC(=O)O)C=CC(CCC)C1CCCCCCCC(=O)O. The van der Waals surface area contributed by atoms with Crippen LogP contribution >= 0.6 is 0 Å². The van der Waals surface area contributed by atoms with Crippen molar-refractivity contribution >= 4 is 23.9 Å². The van der Waals surface area contributed by atoms with Gasteiger partial charge in [-0.25, -0.2) is 0 Å². The molecule has 0 aromatic heterocycles. The normalized spacial score (nSPS) is 17.8. The third-order valence-electron chi connectivity index (χ3n) is 13.8. The number of unbranched alkanes of at least 4 members (excludes halogenated alkanes) is 18. The van der Waals surface area contributed by atoms with Gasteiger partial charge in [-0.3, -0.25) is 19.2 Å². The lowest BCUT2D eigenvalue weighted by Gasteiger charge is -2.40. The fourth-order valence-electron chi connectivity index (χ4n) is 10.1. The second kappa shape index (κ2) is 47.3. The van der Waals surface area contributed by atoms with Crippen LogP contribution in [0.3, 0.4) is 0 Å². The molecule has 0 saturated carbocycles. The second-order valence-corrected chi connectivity index (χ2v) is 19.8. The molecule has 5 atom stereocenters. The van der Waals surface area contributed by atoms with E-state index >= 15 is 0 Å². The highest BCUT2D eigenvalue weighted by Gasteiger charge is 2.34. The minimum absolute atomic E-state index is 0.298. The summed E-state index contributed by atoms with van der Waals surface area (Å²) in [7, 11) is 0. The minimum Gasteiger partial charge on any atom is -0.481 e. The molecular formula is C60H104O8. The molecule has 0 saturated heterocycles. The number of carboxylic acid groups (broad SMARTS) is 4. The smallest absolute Gasteiger partial charge is 0.303 e. The average Bonchev–Trinajstić information content (AvgIpc) is 3.30. The molecule has 0 fully saturated rings. The van der Waals surface area contributed by atoms with Gasteiger partial charge in [0.1, 0.15) is 0 Å². The fourth-order valence-corrected chi connectivity index (χ4v) is 10.1. The van der Waals surface area contributed by atoms with Crippen LogP contribution in [0, 0.1) is 29.6 Å². The van der Waals surface area contributed by atoms with Crippen LogP contribution in [0.25, 0.3) is 0 Å². The van der Waals surface area contributed by atoms with Crippen molar-refractivity contribution in [1.29, 1.82) is 0 Å². The lowest BCUT2D eigenvalue weighted by Crippen LogP contribution is -2.31. The van der Waals surface area contributed by atoms with Gasteiger partial charge in [0.2, 0.25) is 0 Å². The molecule has 8 nitrogen and oxygen atoms in total. The summed E-state index contributed by atoms with van der Waals surface area (Å²) in [5, 5.41) is 35.0. The molecular weight excluding hydrogens is 849 g/mol. The van der Waals surface area contributed by atoms with E-state index in [0.717, 1.165) is 121 Å². The van der Waals surface area contributed by atoms with Gasteiger partial charge in [-0.2, -0.15) is 0 Å². The van der Waals surface area contributed by atoms with E-state index in [4.69, 9.17) is 20.4 Å². The lowest BCUT2D eigenvalue weighted by molar-refractivity contribution is -0.138. The third kappa shape index (κ3) is 39.4. The molecule has 0 bridgehead atoms. The molecule has 8 heteroatoms. The maximum Gasteiger partial charge on any atom is 0.303 e. The number of hydrogen-bond donors (Lipinski definition) is 4. The Kier molecular flexibility index (Phi) is 44.9. The van der Waals surface area contributed by atoms with Crippen molar-refractivity contribution in [2.45, 2.75) is 265 Å². The summed E-state index contributed by atoms with van der Waals surface area (Å²) < 4.78 is 0. The Bertz CT molecular complexity index is 1390. The number of hydrogen-bond acceptors (Lipinski definition) is 4. The maximum atomic E-state index is 10.7. The number of carbonyl (C=O) groups is 4. The molecule has 0 aromatic rings. The van der Waals surface area contributed by atoms with E-state index < -0.39 is 23.9 Å². The Hall–Kier alpha value is -3.42. The molecule has 1 aliphatic carbocycles. The van der Waals surface area contributed by atoms with E-state index in [9.17, 15) is 19.2 Å². The van der Waals surface area contributed by atoms with Gasteiger partial charge in [0, 0.05) is 25.7 Å². The summed E-state index contributed by atoms with van der Waals surface area (Å²) in [4.78, 5) is 42.5. The molecule has 0 aromatic carbocycles. The molecule has 5 unspecified atom stereocenters. The van der Waals surface area contributed by atoms with E-state index in [1.165, 1.54) is 103 Å².